The van der Waals surface area contributed by atoms with E-state index in [2.05, 4.69) is 9.72 Å². The number of rotatable bonds is 3. The Morgan fingerprint density at radius 3 is 2.64 bits per heavy atom. The Morgan fingerprint density at radius 2 is 1.96 bits per heavy atom. The van der Waals surface area contributed by atoms with E-state index >= 15 is 0 Å². The van der Waals surface area contributed by atoms with Crippen LogP contribution in [0.15, 0.2) is 30.5 Å². The highest BCUT2D eigenvalue weighted by molar-refractivity contribution is 5.94. The molecule has 1 aliphatic rings. The minimum absolute atomic E-state index is 0.124. The van der Waals surface area contributed by atoms with Gasteiger partial charge in [-0.1, -0.05) is 0 Å². The molecule has 1 fully saturated rings. The normalized spacial score (nSPS) is 15.2. The third kappa shape index (κ3) is 4.05. The molecule has 0 spiro atoms. The number of nitrogens with one attached hydrogen (secondary N) is 1. The molecule has 0 atom stereocenters. The molecule has 0 bridgehead atoms. The maximum Gasteiger partial charge on any atom is 0.573 e. The Morgan fingerprint density at radius 1 is 1.24 bits per heavy atom. The first-order chi connectivity index (χ1) is 11.8. The van der Waals surface area contributed by atoms with Crippen molar-refractivity contribution in [1.82, 2.24) is 9.88 Å². The molecule has 1 aliphatic heterocycles. The van der Waals surface area contributed by atoms with Crippen molar-refractivity contribution in [3.63, 3.8) is 0 Å². The van der Waals surface area contributed by atoms with E-state index in [9.17, 15) is 23.1 Å². The number of benzene rings is 1. The molecule has 3 rings (SSSR count). The largest absolute Gasteiger partial charge is 0.573 e. The van der Waals surface area contributed by atoms with Gasteiger partial charge in [0.15, 0.2) is 0 Å². The highest BCUT2D eigenvalue weighted by atomic mass is 19.4. The Kier molecular flexibility index (Phi) is 4.58. The third-order valence-electron chi connectivity index (χ3n) is 3.72. The van der Waals surface area contributed by atoms with Crippen LogP contribution in [-0.4, -0.2) is 53.6 Å². The van der Waals surface area contributed by atoms with Gasteiger partial charge < -0.3 is 24.5 Å². The molecule has 1 aromatic heterocycles. The van der Waals surface area contributed by atoms with Crippen LogP contribution < -0.4 is 4.74 Å². The summed E-state index contributed by atoms with van der Waals surface area (Å²) in [6.45, 7) is 1.84. The SMILES string of the molecule is O=C(c1cc(-c2cc(OC(F)(F)F)ccc2O)c[nH]1)N1CCOCC1. The zero-order valence-electron chi connectivity index (χ0n) is 13.0. The quantitative estimate of drug-likeness (QED) is 0.887. The number of aromatic nitrogens is 1. The molecule has 25 heavy (non-hydrogen) atoms. The second-order valence-electron chi connectivity index (χ2n) is 5.43. The summed E-state index contributed by atoms with van der Waals surface area (Å²) in [5, 5.41) is 9.92. The Bertz CT molecular complexity index is 767. The van der Waals surface area contributed by atoms with Crippen LogP contribution in [0, 0.1) is 0 Å². The number of nitrogens with zero attached hydrogens (tertiary/aromatic N) is 1. The van der Waals surface area contributed by atoms with Crippen molar-refractivity contribution < 1.29 is 32.5 Å². The second-order valence-corrected chi connectivity index (χ2v) is 5.43. The number of alkyl halides is 3. The maximum atomic E-state index is 12.4. The Labute approximate surface area is 140 Å². The van der Waals surface area contributed by atoms with E-state index in [0.717, 1.165) is 18.2 Å². The lowest BCUT2D eigenvalue weighted by molar-refractivity contribution is -0.274. The number of aromatic amines is 1. The van der Waals surface area contributed by atoms with Crippen LogP contribution in [0.2, 0.25) is 0 Å². The van der Waals surface area contributed by atoms with Gasteiger partial charge in [-0.25, -0.2) is 0 Å². The van der Waals surface area contributed by atoms with Crippen LogP contribution in [-0.2, 0) is 4.74 Å². The first kappa shape index (κ1) is 17.2. The van der Waals surface area contributed by atoms with Crippen molar-refractivity contribution in [3.8, 4) is 22.6 Å². The van der Waals surface area contributed by atoms with E-state index in [0.29, 0.717) is 31.9 Å². The van der Waals surface area contributed by atoms with Crippen LogP contribution in [0.4, 0.5) is 13.2 Å². The van der Waals surface area contributed by atoms with Gasteiger partial charge in [0.05, 0.1) is 13.2 Å². The molecule has 0 unspecified atom stereocenters. The Balaban J connectivity index is 1.84. The standard InChI is InChI=1S/C16H15F3N2O4/c17-16(18,19)25-11-1-2-14(22)12(8-11)10-7-13(20-9-10)15(23)21-3-5-24-6-4-21/h1-2,7-9,20,22H,3-6H2. The van der Waals surface area contributed by atoms with Crippen LogP contribution in [0.25, 0.3) is 11.1 Å². The number of phenolic OH excluding ortho intramolecular Hbond substituents is 1. The molecule has 1 aromatic carbocycles. The lowest BCUT2D eigenvalue weighted by Crippen LogP contribution is -2.40. The molecule has 134 valence electrons. The van der Waals surface area contributed by atoms with Crippen LogP contribution in [0.1, 0.15) is 10.5 Å². The number of ether oxygens (including phenoxy) is 2. The molecule has 2 N–H and O–H groups in total. The van der Waals surface area contributed by atoms with E-state index < -0.39 is 12.1 Å². The monoisotopic (exact) mass is 356 g/mol. The zero-order valence-corrected chi connectivity index (χ0v) is 13.0. The maximum absolute atomic E-state index is 12.4. The number of aromatic hydroxyl groups is 1. The Hall–Kier alpha value is -2.68. The summed E-state index contributed by atoms with van der Waals surface area (Å²) in [5.74, 6) is -0.918. The predicted molar refractivity (Wildman–Crippen MR) is 81.3 cm³/mol. The lowest BCUT2D eigenvalue weighted by Gasteiger charge is -2.26. The number of morpholine rings is 1. The van der Waals surface area contributed by atoms with Gasteiger partial charge in [-0.2, -0.15) is 0 Å². The van der Waals surface area contributed by atoms with Crippen molar-refractivity contribution in [3.05, 3.63) is 36.2 Å². The van der Waals surface area contributed by atoms with Gasteiger partial charge in [0.1, 0.15) is 17.2 Å². The fourth-order valence-electron chi connectivity index (χ4n) is 2.55. The molecule has 0 radical (unpaired) electrons. The first-order valence-corrected chi connectivity index (χ1v) is 7.48. The number of phenols is 1. The fourth-order valence-corrected chi connectivity index (χ4v) is 2.55. The molecule has 2 heterocycles. The predicted octanol–water partition coefficient (Wildman–Crippen LogP) is 2.76. The lowest BCUT2D eigenvalue weighted by atomic mass is 10.1. The van der Waals surface area contributed by atoms with Crippen LogP contribution in [0.3, 0.4) is 0 Å². The average molecular weight is 356 g/mol. The third-order valence-corrected chi connectivity index (χ3v) is 3.72. The van der Waals surface area contributed by atoms with Gasteiger partial charge in [-0.05, 0) is 24.3 Å². The molecule has 9 heteroatoms. The highest BCUT2D eigenvalue weighted by Gasteiger charge is 2.31. The summed E-state index contributed by atoms with van der Waals surface area (Å²) in [6, 6.07) is 4.66. The van der Waals surface area contributed by atoms with E-state index in [1.807, 2.05) is 0 Å². The number of amides is 1. The van der Waals surface area contributed by atoms with Crippen LogP contribution >= 0.6 is 0 Å². The topological polar surface area (TPSA) is 74.8 Å². The highest BCUT2D eigenvalue weighted by Crippen LogP contribution is 2.35. The van der Waals surface area contributed by atoms with Crippen molar-refractivity contribution in [2.75, 3.05) is 26.3 Å². The summed E-state index contributed by atoms with van der Waals surface area (Å²) >= 11 is 0. The van der Waals surface area contributed by atoms with Crippen molar-refractivity contribution in [1.29, 1.82) is 0 Å². The smallest absolute Gasteiger partial charge is 0.507 e. The number of carbonyl (C=O) groups excluding carboxylic acids is 1. The zero-order chi connectivity index (χ0) is 18.0. The summed E-state index contributed by atoms with van der Waals surface area (Å²) in [6.07, 6.45) is -3.38. The van der Waals surface area contributed by atoms with Gasteiger partial charge in [0.25, 0.3) is 5.91 Å². The minimum Gasteiger partial charge on any atom is -0.507 e. The van der Waals surface area contributed by atoms with Crippen molar-refractivity contribution in [2.24, 2.45) is 0 Å². The summed E-state index contributed by atoms with van der Waals surface area (Å²) < 4.78 is 46.1. The number of carbonyl (C=O) groups is 1. The van der Waals surface area contributed by atoms with Gasteiger partial charge in [0, 0.05) is 30.4 Å². The fraction of sp³-hybridized carbons (Fsp3) is 0.312. The molecule has 2 aromatic rings. The van der Waals surface area contributed by atoms with Gasteiger partial charge in [0.2, 0.25) is 0 Å². The minimum atomic E-state index is -4.83. The van der Waals surface area contributed by atoms with Gasteiger partial charge in [-0.3, -0.25) is 4.79 Å². The van der Waals surface area contributed by atoms with E-state index in [1.165, 1.54) is 12.3 Å². The summed E-state index contributed by atoms with van der Waals surface area (Å²) in [4.78, 5) is 16.8. The number of hydrogen-bond acceptors (Lipinski definition) is 4. The van der Waals surface area contributed by atoms with E-state index in [-0.39, 0.29) is 22.9 Å². The van der Waals surface area contributed by atoms with Crippen LogP contribution in [0.5, 0.6) is 11.5 Å². The number of H-pyrrole nitrogens is 1. The van der Waals surface area contributed by atoms with Crippen molar-refractivity contribution in [2.45, 2.75) is 6.36 Å². The molecule has 1 saturated heterocycles. The van der Waals surface area contributed by atoms with Crippen molar-refractivity contribution >= 4 is 5.91 Å². The van der Waals surface area contributed by atoms with Gasteiger partial charge in [-0.15, -0.1) is 13.2 Å². The molecule has 0 saturated carbocycles. The van der Waals surface area contributed by atoms with E-state index in [1.54, 1.807) is 4.90 Å². The number of halogens is 3. The molecular formula is C16H15F3N2O4. The molecule has 6 nitrogen and oxygen atoms in total. The second kappa shape index (κ2) is 6.67. The molecule has 0 aliphatic carbocycles. The summed E-state index contributed by atoms with van der Waals surface area (Å²) in [5.41, 5.74) is 0.777. The summed E-state index contributed by atoms with van der Waals surface area (Å²) in [7, 11) is 0. The van der Waals surface area contributed by atoms with E-state index in [4.69, 9.17) is 4.74 Å². The average Bonchev–Trinajstić information content (AvgIpc) is 3.05. The number of hydrogen-bond donors (Lipinski definition) is 2. The van der Waals surface area contributed by atoms with Gasteiger partial charge >= 0.3 is 6.36 Å². The first-order valence-electron chi connectivity index (χ1n) is 7.48. The molecule has 1 amide bonds. The molecular weight excluding hydrogens is 341 g/mol.